The van der Waals surface area contributed by atoms with E-state index in [2.05, 4.69) is 31.8 Å². The Kier molecular flexibility index (Phi) is 6.81. The van der Waals surface area contributed by atoms with Gasteiger partial charge < -0.3 is 20.3 Å². The maximum Gasteiger partial charge on any atom is 0.243 e. The molecular weight excluding hydrogens is 590 g/mol. The highest BCUT2D eigenvalue weighted by molar-refractivity contribution is 5.88. The predicted molar refractivity (Wildman–Crippen MR) is 170 cm³/mol. The first-order valence-corrected chi connectivity index (χ1v) is 15.0. The molecule has 1 fully saturated rings. The Hall–Kier alpha value is -5.78. The smallest absolute Gasteiger partial charge is 0.243 e. The molecule has 4 aromatic heterocycles. The van der Waals surface area contributed by atoms with Gasteiger partial charge in [-0.05, 0) is 35.9 Å². The average molecular weight is 619 g/mol. The van der Waals surface area contributed by atoms with Gasteiger partial charge in [-0.15, -0.1) is 0 Å². The summed E-state index contributed by atoms with van der Waals surface area (Å²) in [5, 5.41) is 11.0. The summed E-state index contributed by atoms with van der Waals surface area (Å²) in [6, 6.07) is 16.7. The quantitative estimate of drug-likeness (QED) is 0.260. The first-order chi connectivity index (χ1) is 22.5. The zero-order chi connectivity index (χ0) is 31.2. The Balaban J connectivity index is 1.17. The molecule has 8 rings (SSSR count). The Morgan fingerprint density at radius 3 is 2.67 bits per heavy atom. The fraction of sp³-hybridized carbons (Fsp3) is 0.176. The van der Waals surface area contributed by atoms with Gasteiger partial charge in [0.05, 0.1) is 23.8 Å². The van der Waals surface area contributed by atoms with E-state index in [9.17, 15) is 13.6 Å². The Morgan fingerprint density at radius 2 is 1.78 bits per heavy atom. The third-order valence-corrected chi connectivity index (χ3v) is 8.36. The number of imidazole rings is 1. The van der Waals surface area contributed by atoms with Crippen molar-refractivity contribution in [2.75, 3.05) is 29.9 Å². The summed E-state index contributed by atoms with van der Waals surface area (Å²) < 4.78 is 38.5. The highest BCUT2D eigenvalue weighted by Crippen LogP contribution is 2.34. The highest BCUT2D eigenvalue weighted by atomic mass is 19.1. The molecule has 1 amide bonds. The number of hydrogen-bond donors (Lipinski definition) is 2. The van der Waals surface area contributed by atoms with E-state index in [-0.39, 0.29) is 17.6 Å². The standard InChI is InChI=1S/C34H28F2N8O2/c35-22-8-9-26(27(36)16-22)32-40-19-30-33(38-12-14-42(30)32)43-20-24-17-29(43)34(45)39-11-2-1-10-37-31-18-28-25(7-4-13-44(28)41-31)21-5-3-6-23(15-21)46-24/h1-9,12-16,18-19,24,29H,10-11,17,20H2,(H,37,41)(H,39,45)/b2-1+/t24-,29-/m0/s1. The van der Waals surface area contributed by atoms with Gasteiger partial charge in [0.25, 0.3) is 0 Å². The number of carbonyl (C=O) groups is 1. The number of nitrogens with zero attached hydrogens (tertiary/aromatic N) is 6. The summed E-state index contributed by atoms with van der Waals surface area (Å²) in [6.07, 6.45) is 10.7. The molecule has 10 nitrogen and oxygen atoms in total. The molecule has 6 bridgehead atoms. The highest BCUT2D eigenvalue weighted by Gasteiger charge is 2.40. The van der Waals surface area contributed by atoms with Crippen LogP contribution in [0.15, 0.2) is 97.6 Å². The molecule has 2 aliphatic rings. The van der Waals surface area contributed by atoms with Crippen LogP contribution in [0.5, 0.6) is 5.75 Å². The lowest BCUT2D eigenvalue weighted by Crippen LogP contribution is -2.43. The second kappa shape index (κ2) is 11.3. The average Bonchev–Trinajstić information content (AvgIpc) is 3.79. The van der Waals surface area contributed by atoms with Gasteiger partial charge in [0.2, 0.25) is 5.91 Å². The van der Waals surface area contributed by atoms with Crippen LogP contribution in [-0.2, 0) is 4.79 Å². The molecule has 2 aromatic carbocycles. The van der Waals surface area contributed by atoms with E-state index in [4.69, 9.17) is 4.74 Å². The van der Waals surface area contributed by atoms with Crippen molar-refractivity contribution in [3.8, 4) is 28.3 Å². The van der Waals surface area contributed by atoms with E-state index in [1.54, 1.807) is 23.0 Å². The molecule has 2 aliphatic heterocycles. The summed E-state index contributed by atoms with van der Waals surface area (Å²) in [5.74, 6) is 0.682. The fourth-order valence-corrected chi connectivity index (χ4v) is 6.25. The van der Waals surface area contributed by atoms with Crippen molar-refractivity contribution in [2.45, 2.75) is 18.6 Å². The first kappa shape index (κ1) is 27.7. The predicted octanol–water partition coefficient (Wildman–Crippen LogP) is 5.11. The zero-order valence-electron chi connectivity index (χ0n) is 24.5. The molecule has 2 atom stereocenters. The number of carbonyl (C=O) groups excluding carboxylic acids is 1. The third-order valence-electron chi connectivity index (χ3n) is 8.36. The largest absolute Gasteiger partial charge is 0.488 e. The second-order valence-corrected chi connectivity index (χ2v) is 11.3. The topological polar surface area (TPSA) is 101 Å². The Labute approximate surface area is 262 Å². The Morgan fingerprint density at radius 1 is 0.891 bits per heavy atom. The summed E-state index contributed by atoms with van der Waals surface area (Å²) in [6.45, 7) is 1.26. The van der Waals surface area contributed by atoms with E-state index in [0.717, 1.165) is 28.5 Å². The van der Waals surface area contributed by atoms with E-state index < -0.39 is 17.7 Å². The molecule has 1 saturated heterocycles. The first-order valence-electron chi connectivity index (χ1n) is 15.0. The van der Waals surface area contributed by atoms with E-state index in [0.29, 0.717) is 49.0 Å². The number of amides is 1. The lowest BCUT2D eigenvalue weighted by atomic mass is 10.1. The van der Waals surface area contributed by atoms with Crippen molar-refractivity contribution in [3.05, 3.63) is 109 Å². The third kappa shape index (κ3) is 4.97. The van der Waals surface area contributed by atoms with Gasteiger partial charge in [0.1, 0.15) is 46.7 Å². The van der Waals surface area contributed by atoms with Gasteiger partial charge in [-0.1, -0.05) is 30.4 Å². The minimum atomic E-state index is -0.719. The molecule has 0 radical (unpaired) electrons. The van der Waals surface area contributed by atoms with Crippen LogP contribution in [0, 0.1) is 11.6 Å². The van der Waals surface area contributed by atoms with Crippen LogP contribution in [0.4, 0.5) is 20.4 Å². The van der Waals surface area contributed by atoms with Crippen molar-refractivity contribution in [2.24, 2.45) is 0 Å². The molecule has 0 unspecified atom stereocenters. The van der Waals surface area contributed by atoms with Crippen LogP contribution in [-0.4, -0.2) is 61.7 Å². The van der Waals surface area contributed by atoms with Gasteiger partial charge in [-0.25, -0.2) is 23.3 Å². The number of fused-ring (bicyclic) bond motifs is 7. The summed E-state index contributed by atoms with van der Waals surface area (Å²) in [5.41, 5.74) is 3.69. The van der Waals surface area contributed by atoms with Crippen LogP contribution in [0.25, 0.3) is 33.5 Å². The maximum atomic E-state index is 14.7. The lowest BCUT2D eigenvalue weighted by Gasteiger charge is -2.25. The van der Waals surface area contributed by atoms with Crippen LogP contribution >= 0.6 is 0 Å². The summed E-state index contributed by atoms with van der Waals surface area (Å²) in [7, 11) is 0. The van der Waals surface area contributed by atoms with Crippen molar-refractivity contribution in [1.82, 2.24) is 29.3 Å². The van der Waals surface area contributed by atoms with Crippen LogP contribution in [0.2, 0.25) is 0 Å². The number of benzene rings is 2. The number of rotatable bonds is 2. The van der Waals surface area contributed by atoms with Crippen molar-refractivity contribution in [1.29, 1.82) is 0 Å². The molecule has 12 heteroatoms. The second-order valence-electron chi connectivity index (χ2n) is 11.3. The number of ether oxygens (including phenoxy) is 1. The fourth-order valence-electron chi connectivity index (χ4n) is 6.25. The molecular formula is C34H28F2N8O2. The van der Waals surface area contributed by atoms with E-state index >= 15 is 0 Å². The molecule has 6 heterocycles. The summed E-state index contributed by atoms with van der Waals surface area (Å²) in [4.78, 5) is 24.7. The van der Waals surface area contributed by atoms with Gasteiger partial charge in [-0.2, -0.15) is 5.10 Å². The van der Waals surface area contributed by atoms with Gasteiger partial charge in [0, 0.05) is 55.8 Å². The van der Waals surface area contributed by atoms with E-state index in [1.807, 2.05) is 64.2 Å². The number of pyridine rings is 1. The molecule has 0 saturated carbocycles. The van der Waals surface area contributed by atoms with E-state index in [1.165, 1.54) is 12.1 Å². The maximum absolute atomic E-state index is 14.7. The zero-order valence-corrected chi connectivity index (χ0v) is 24.5. The number of aromatic nitrogens is 5. The van der Waals surface area contributed by atoms with Crippen LogP contribution < -0.4 is 20.3 Å². The van der Waals surface area contributed by atoms with Crippen molar-refractivity contribution in [3.63, 3.8) is 0 Å². The van der Waals surface area contributed by atoms with Crippen molar-refractivity contribution < 1.29 is 18.3 Å². The number of nitrogens with one attached hydrogen (secondary N) is 2. The van der Waals surface area contributed by atoms with Crippen LogP contribution in [0.1, 0.15) is 6.42 Å². The summed E-state index contributed by atoms with van der Waals surface area (Å²) >= 11 is 0. The number of hydrogen-bond acceptors (Lipinski definition) is 7. The molecule has 2 N–H and O–H groups in total. The van der Waals surface area contributed by atoms with Gasteiger partial charge >= 0.3 is 0 Å². The minimum Gasteiger partial charge on any atom is -0.488 e. The molecule has 0 spiro atoms. The Bertz CT molecular complexity index is 2140. The normalized spacial score (nSPS) is 19.0. The minimum absolute atomic E-state index is 0.156. The molecule has 46 heavy (non-hydrogen) atoms. The monoisotopic (exact) mass is 618 g/mol. The lowest BCUT2D eigenvalue weighted by molar-refractivity contribution is -0.122. The molecule has 6 aromatic rings. The SMILES string of the molecule is O=C1NC/C=C/CNc2cc3c(cccn3n2)-c2cccc(c2)O[C@H]2C[C@@H]1N(c1nccn3c(-c4ccc(F)cc4F)ncc13)C2. The number of halogens is 2. The van der Waals surface area contributed by atoms with Gasteiger partial charge in [-0.3, -0.25) is 9.20 Å². The van der Waals surface area contributed by atoms with Crippen molar-refractivity contribution >= 4 is 28.6 Å². The molecule has 230 valence electrons. The van der Waals surface area contributed by atoms with Crippen LogP contribution in [0.3, 0.4) is 0 Å². The number of anilines is 2. The molecule has 0 aliphatic carbocycles. The van der Waals surface area contributed by atoms with Gasteiger partial charge in [0.15, 0.2) is 5.82 Å².